The molecular weight excluding hydrogens is 358 g/mol. The smallest absolute Gasteiger partial charge is 0.414 e. The van der Waals surface area contributed by atoms with Gasteiger partial charge in [0, 0.05) is 11.9 Å². The molecule has 0 aliphatic heterocycles. The third-order valence-electron chi connectivity index (χ3n) is 4.35. The first kappa shape index (κ1) is 17.7. The number of anilines is 1. The van der Waals surface area contributed by atoms with E-state index in [9.17, 15) is 4.79 Å². The molecule has 0 aliphatic carbocycles. The van der Waals surface area contributed by atoms with Crippen molar-refractivity contribution < 1.29 is 14.3 Å². The molecule has 142 valence electrons. The van der Waals surface area contributed by atoms with Crippen LogP contribution in [0.1, 0.15) is 12.5 Å². The Kier molecular flexibility index (Phi) is 4.76. The number of hydrogen-bond donors (Lipinski definition) is 1. The van der Waals surface area contributed by atoms with Crippen molar-refractivity contribution in [3.63, 3.8) is 0 Å². The predicted octanol–water partition coefficient (Wildman–Crippen LogP) is 3.60. The van der Waals surface area contributed by atoms with E-state index in [1.165, 1.54) is 0 Å². The van der Waals surface area contributed by atoms with E-state index in [-0.39, 0.29) is 12.6 Å². The van der Waals surface area contributed by atoms with Gasteiger partial charge in [-0.25, -0.2) is 4.79 Å². The van der Waals surface area contributed by atoms with Gasteiger partial charge in [0.2, 0.25) is 0 Å². The number of nitrogens with one attached hydrogen (secondary N) is 1. The number of carbonyl (C=O) groups excluding carboxylic acids is 1. The first-order valence-corrected chi connectivity index (χ1v) is 8.88. The largest absolute Gasteiger partial charge is 0.497 e. The lowest BCUT2D eigenvalue weighted by Gasteiger charge is -2.08. The standard InChI is InChI=1S/C20H19N5O3/c1-3-28-20(26)22-19-21-18-17(23-24-19)15-11-14(27-2)9-10-16(15)25(18)12-13-7-5-4-6-8-13/h4-11H,3,12H2,1-2H3,(H,21,22,24,26). The first-order chi connectivity index (χ1) is 13.7. The number of carbonyl (C=O) groups is 1. The Balaban J connectivity index is 1.87. The number of benzene rings is 2. The van der Waals surface area contributed by atoms with E-state index >= 15 is 0 Å². The van der Waals surface area contributed by atoms with Crippen molar-refractivity contribution in [2.24, 2.45) is 0 Å². The van der Waals surface area contributed by atoms with Gasteiger partial charge in [-0.05, 0) is 30.7 Å². The van der Waals surface area contributed by atoms with Gasteiger partial charge < -0.3 is 14.0 Å². The fourth-order valence-electron chi connectivity index (χ4n) is 3.10. The van der Waals surface area contributed by atoms with Crippen LogP contribution in [-0.4, -0.2) is 39.6 Å². The third kappa shape index (κ3) is 3.32. The summed E-state index contributed by atoms with van der Waals surface area (Å²) in [6.45, 7) is 2.59. The lowest BCUT2D eigenvalue weighted by molar-refractivity contribution is 0.167. The summed E-state index contributed by atoms with van der Waals surface area (Å²) in [6.07, 6.45) is -0.615. The Morgan fingerprint density at radius 2 is 1.96 bits per heavy atom. The summed E-state index contributed by atoms with van der Waals surface area (Å²) >= 11 is 0. The second kappa shape index (κ2) is 7.51. The molecule has 1 amide bonds. The second-order valence-electron chi connectivity index (χ2n) is 6.11. The molecule has 0 spiro atoms. The zero-order chi connectivity index (χ0) is 19.5. The Morgan fingerprint density at radius 1 is 1.14 bits per heavy atom. The number of ether oxygens (including phenoxy) is 2. The van der Waals surface area contributed by atoms with Crippen LogP contribution in [0.2, 0.25) is 0 Å². The summed E-state index contributed by atoms with van der Waals surface area (Å²) in [4.78, 5) is 16.2. The highest BCUT2D eigenvalue weighted by molar-refractivity contribution is 6.05. The van der Waals surface area contributed by atoms with Gasteiger partial charge in [0.1, 0.15) is 11.3 Å². The summed E-state index contributed by atoms with van der Waals surface area (Å²) in [5.41, 5.74) is 3.33. The lowest BCUT2D eigenvalue weighted by Crippen LogP contribution is -2.16. The molecule has 0 fully saturated rings. The quantitative estimate of drug-likeness (QED) is 0.571. The number of hydrogen-bond acceptors (Lipinski definition) is 6. The maximum absolute atomic E-state index is 11.7. The fourth-order valence-corrected chi connectivity index (χ4v) is 3.10. The minimum absolute atomic E-state index is 0.0926. The minimum atomic E-state index is -0.615. The van der Waals surface area contributed by atoms with Crippen LogP contribution >= 0.6 is 0 Å². The van der Waals surface area contributed by atoms with Crippen molar-refractivity contribution >= 4 is 34.1 Å². The highest BCUT2D eigenvalue weighted by atomic mass is 16.5. The monoisotopic (exact) mass is 377 g/mol. The molecule has 0 bridgehead atoms. The van der Waals surface area contributed by atoms with Gasteiger partial charge in [-0.15, -0.1) is 10.2 Å². The van der Waals surface area contributed by atoms with Crippen LogP contribution in [0.4, 0.5) is 10.7 Å². The molecule has 8 nitrogen and oxygen atoms in total. The Labute approximate surface area is 161 Å². The maximum atomic E-state index is 11.7. The van der Waals surface area contributed by atoms with Crippen LogP contribution in [0.25, 0.3) is 22.1 Å². The van der Waals surface area contributed by atoms with Crippen LogP contribution < -0.4 is 10.1 Å². The number of nitrogens with zero attached hydrogens (tertiary/aromatic N) is 4. The van der Waals surface area contributed by atoms with Crippen molar-refractivity contribution in [3.8, 4) is 5.75 Å². The summed E-state index contributed by atoms with van der Waals surface area (Å²) in [7, 11) is 1.62. The Hall–Kier alpha value is -3.68. The molecule has 0 aliphatic rings. The second-order valence-corrected chi connectivity index (χ2v) is 6.11. The molecule has 2 heterocycles. The van der Waals surface area contributed by atoms with Crippen LogP contribution in [-0.2, 0) is 11.3 Å². The molecule has 4 aromatic rings. The van der Waals surface area contributed by atoms with E-state index in [1.54, 1.807) is 14.0 Å². The molecule has 1 N–H and O–H groups in total. The van der Waals surface area contributed by atoms with E-state index in [2.05, 4.69) is 20.5 Å². The number of methoxy groups -OCH3 is 1. The van der Waals surface area contributed by atoms with E-state index in [0.29, 0.717) is 17.7 Å². The van der Waals surface area contributed by atoms with E-state index in [0.717, 1.165) is 22.2 Å². The fraction of sp³-hybridized carbons (Fsp3) is 0.200. The summed E-state index contributed by atoms with van der Waals surface area (Å²) in [5.74, 6) is 0.816. The van der Waals surface area contributed by atoms with Gasteiger partial charge in [0.05, 0.1) is 19.2 Å². The Bertz CT molecular complexity index is 1140. The summed E-state index contributed by atoms with van der Waals surface area (Å²) in [6, 6.07) is 15.8. The predicted molar refractivity (Wildman–Crippen MR) is 106 cm³/mol. The molecule has 2 aromatic carbocycles. The lowest BCUT2D eigenvalue weighted by atomic mass is 10.2. The van der Waals surface area contributed by atoms with E-state index in [1.807, 2.05) is 53.1 Å². The van der Waals surface area contributed by atoms with Gasteiger partial charge >= 0.3 is 6.09 Å². The molecule has 0 saturated heterocycles. The molecule has 4 rings (SSSR count). The molecule has 28 heavy (non-hydrogen) atoms. The molecule has 0 unspecified atom stereocenters. The van der Waals surface area contributed by atoms with E-state index in [4.69, 9.17) is 9.47 Å². The molecule has 8 heteroatoms. The number of fused-ring (bicyclic) bond motifs is 3. The normalized spacial score (nSPS) is 10.9. The minimum Gasteiger partial charge on any atom is -0.497 e. The average molecular weight is 377 g/mol. The zero-order valence-electron chi connectivity index (χ0n) is 15.5. The van der Waals surface area contributed by atoms with Crippen LogP contribution in [0.15, 0.2) is 48.5 Å². The molecule has 2 aromatic heterocycles. The van der Waals surface area contributed by atoms with Crippen molar-refractivity contribution in [2.45, 2.75) is 13.5 Å². The third-order valence-corrected chi connectivity index (χ3v) is 4.35. The van der Waals surface area contributed by atoms with Crippen LogP contribution in [0, 0.1) is 0 Å². The van der Waals surface area contributed by atoms with Gasteiger partial charge in [0.15, 0.2) is 5.65 Å². The highest BCUT2D eigenvalue weighted by Crippen LogP contribution is 2.30. The van der Waals surface area contributed by atoms with Crippen molar-refractivity contribution in [3.05, 3.63) is 54.1 Å². The molecule has 0 atom stereocenters. The summed E-state index contributed by atoms with van der Waals surface area (Å²) < 4.78 is 12.3. The van der Waals surface area contributed by atoms with Gasteiger partial charge in [-0.2, -0.15) is 4.98 Å². The van der Waals surface area contributed by atoms with Gasteiger partial charge in [0.25, 0.3) is 5.95 Å². The number of aromatic nitrogens is 4. The van der Waals surface area contributed by atoms with Crippen molar-refractivity contribution in [1.29, 1.82) is 0 Å². The Morgan fingerprint density at radius 3 is 2.71 bits per heavy atom. The van der Waals surface area contributed by atoms with Crippen molar-refractivity contribution in [1.82, 2.24) is 19.7 Å². The van der Waals surface area contributed by atoms with Crippen LogP contribution in [0.3, 0.4) is 0 Å². The molecular formula is C20H19N5O3. The maximum Gasteiger partial charge on any atom is 0.414 e. The summed E-state index contributed by atoms with van der Waals surface area (Å²) in [5, 5.41) is 11.7. The van der Waals surface area contributed by atoms with Gasteiger partial charge in [-0.3, -0.25) is 5.32 Å². The average Bonchev–Trinajstić information content (AvgIpc) is 3.01. The van der Waals surface area contributed by atoms with Gasteiger partial charge in [-0.1, -0.05) is 30.3 Å². The van der Waals surface area contributed by atoms with E-state index < -0.39 is 6.09 Å². The molecule has 0 saturated carbocycles. The first-order valence-electron chi connectivity index (χ1n) is 8.88. The number of amides is 1. The SMILES string of the molecule is CCOC(=O)Nc1nnc2c3cc(OC)ccc3n(Cc3ccccc3)c2n1. The van der Waals surface area contributed by atoms with Crippen molar-refractivity contribution in [2.75, 3.05) is 19.0 Å². The zero-order valence-corrected chi connectivity index (χ0v) is 15.5. The highest BCUT2D eigenvalue weighted by Gasteiger charge is 2.17. The van der Waals surface area contributed by atoms with Crippen LogP contribution in [0.5, 0.6) is 5.75 Å². The number of rotatable bonds is 5. The molecule has 0 radical (unpaired) electrons. The topological polar surface area (TPSA) is 91.2 Å².